The molecule has 2 aromatic rings. The van der Waals surface area contributed by atoms with Gasteiger partial charge >= 0.3 is 0 Å². The van der Waals surface area contributed by atoms with Crippen molar-refractivity contribution in [2.75, 3.05) is 14.2 Å². The number of carbonyl (C=O) groups is 2. The summed E-state index contributed by atoms with van der Waals surface area (Å²) >= 11 is 5.89. The highest BCUT2D eigenvalue weighted by Gasteiger charge is 2.39. The van der Waals surface area contributed by atoms with Crippen LogP contribution in [0.15, 0.2) is 48.0 Å². The second-order valence-electron chi connectivity index (χ2n) is 5.62. The number of methoxy groups -OCH3 is 2. The average molecular weight is 374 g/mol. The van der Waals surface area contributed by atoms with Gasteiger partial charge in [-0.1, -0.05) is 23.7 Å². The Hall–Kier alpha value is -2.99. The smallest absolute Gasteiger partial charge is 0.293 e. The van der Waals surface area contributed by atoms with E-state index in [0.29, 0.717) is 27.6 Å². The number of halogens is 1. The van der Waals surface area contributed by atoms with Crippen molar-refractivity contribution in [3.05, 3.63) is 64.2 Å². The van der Waals surface area contributed by atoms with Gasteiger partial charge in [0.15, 0.2) is 11.5 Å². The predicted octanol–water partition coefficient (Wildman–Crippen LogP) is 3.07. The maximum Gasteiger partial charge on any atom is 0.293 e. The topological polar surface area (TPSA) is 84.9 Å². The minimum atomic E-state index is -0.780. The van der Waals surface area contributed by atoms with E-state index in [1.165, 1.54) is 20.3 Å². The van der Waals surface area contributed by atoms with Gasteiger partial charge in [0.05, 0.1) is 25.8 Å². The lowest BCUT2D eigenvalue weighted by atomic mass is 9.96. The first-order chi connectivity index (χ1) is 12.5. The number of hydrogen-bond donors (Lipinski definition) is 2. The van der Waals surface area contributed by atoms with Crippen LogP contribution in [-0.2, 0) is 9.59 Å². The number of amides is 1. The lowest BCUT2D eigenvalue weighted by Crippen LogP contribution is -2.21. The standard InChI is InChI=1S/C19H16ClNO5/c1-25-13-8-5-11(9-14(13)26-2)17(22)15-16(21-19(24)18(15)23)10-3-6-12(20)7-4-10/h3-9,16,22H,1-2H3,(H,21,24). The van der Waals surface area contributed by atoms with Gasteiger partial charge in [0.2, 0.25) is 0 Å². The summed E-state index contributed by atoms with van der Waals surface area (Å²) in [4.78, 5) is 24.3. The van der Waals surface area contributed by atoms with Crippen LogP contribution in [0.25, 0.3) is 5.76 Å². The molecule has 1 unspecified atom stereocenters. The van der Waals surface area contributed by atoms with Crippen LogP contribution in [0.2, 0.25) is 5.02 Å². The number of aliphatic hydroxyl groups excluding tert-OH is 1. The van der Waals surface area contributed by atoms with E-state index in [0.717, 1.165) is 0 Å². The lowest BCUT2D eigenvalue weighted by molar-refractivity contribution is -0.133. The van der Waals surface area contributed by atoms with E-state index in [2.05, 4.69) is 5.32 Å². The zero-order chi connectivity index (χ0) is 18.8. The molecule has 1 aliphatic heterocycles. The van der Waals surface area contributed by atoms with E-state index < -0.39 is 17.7 Å². The first-order valence-corrected chi connectivity index (χ1v) is 8.10. The highest BCUT2D eigenvalue weighted by Crippen LogP contribution is 2.36. The predicted molar refractivity (Wildman–Crippen MR) is 96.4 cm³/mol. The number of benzene rings is 2. The molecule has 134 valence electrons. The van der Waals surface area contributed by atoms with Crippen LogP contribution in [0.1, 0.15) is 17.2 Å². The molecule has 1 heterocycles. The van der Waals surface area contributed by atoms with Crippen LogP contribution in [-0.4, -0.2) is 31.0 Å². The summed E-state index contributed by atoms with van der Waals surface area (Å²) in [6, 6.07) is 10.6. The molecule has 0 spiro atoms. The van der Waals surface area contributed by atoms with Gasteiger partial charge in [0, 0.05) is 10.6 Å². The molecule has 1 saturated heterocycles. The fourth-order valence-electron chi connectivity index (χ4n) is 2.81. The Bertz CT molecular complexity index is 905. The van der Waals surface area contributed by atoms with E-state index in [-0.39, 0.29) is 11.3 Å². The molecule has 2 aromatic carbocycles. The van der Waals surface area contributed by atoms with Crippen LogP contribution in [0.5, 0.6) is 11.5 Å². The molecule has 1 aliphatic rings. The lowest BCUT2D eigenvalue weighted by Gasteiger charge is -2.15. The Kier molecular flexibility index (Phi) is 4.86. The number of ketones is 1. The highest BCUT2D eigenvalue weighted by molar-refractivity contribution is 6.46. The molecule has 6 nitrogen and oxygen atoms in total. The van der Waals surface area contributed by atoms with Crippen LogP contribution >= 0.6 is 11.6 Å². The van der Waals surface area contributed by atoms with Gasteiger partial charge < -0.3 is 19.9 Å². The zero-order valence-electron chi connectivity index (χ0n) is 14.1. The monoisotopic (exact) mass is 373 g/mol. The maximum absolute atomic E-state index is 12.3. The highest BCUT2D eigenvalue weighted by atomic mass is 35.5. The van der Waals surface area contributed by atoms with Crippen molar-refractivity contribution in [1.82, 2.24) is 5.32 Å². The van der Waals surface area contributed by atoms with Crippen LogP contribution in [0.3, 0.4) is 0 Å². The molecule has 0 aromatic heterocycles. The summed E-state index contributed by atoms with van der Waals surface area (Å²) in [5, 5.41) is 13.8. The van der Waals surface area contributed by atoms with Gasteiger partial charge in [-0.15, -0.1) is 0 Å². The van der Waals surface area contributed by atoms with Crippen LogP contribution in [0, 0.1) is 0 Å². The minimum absolute atomic E-state index is 0.0236. The van der Waals surface area contributed by atoms with Crippen molar-refractivity contribution in [3.63, 3.8) is 0 Å². The number of nitrogens with one attached hydrogen (secondary N) is 1. The first-order valence-electron chi connectivity index (χ1n) is 7.72. The molecule has 0 aliphatic carbocycles. The van der Waals surface area contributed by atoms with Crippen molar-refractivity contribution in [3.8, 4) is 11.5 Å². The molecule has 0 radical (unpaired) electrons. The Morgan fingerprint density at radius 2 is 1.69 bits per heavy atom. The second kappa shape index (κ2) is 7.09. The molecule has 1 fully saturated rings. The summed E-state index contributed by atoms with van der Waals surface area (Å²) in [6.45, 7) is 0. The minimum Gasteiger partial charge on any atom is -0.507 e. The van der Waals surface area contributed by atoms with E-state index in [1.807, 2.05) is 0 Å². The summed E-state index contributed by atoms with van der Waals surface area (Å²) in [6.07, 6.45) is 0. The van der Waals surface area contributed by atoms with E-state index in [9.17, 15) is 14.7 Å². The molecular formula is C19H16ClNO5. The molecule has 0 bridgehead atoms. The largest absolute Gasteiger partial charge is 0.507 e. The SMILES string of the molecule is COc1ccc(C(O)=C2C(=O)C(=O)NC2c2ccc(Cl)cc2)cc1OC. The maximum atomic E-state index is 12.3. The van der Waals surface area contributed by atoms with E-state index in [4.69, 9.17) is 21.1 Å². The van der Waals surface area contributed by atoms with Gasteiger partial charge in [0.1, 0.15) is 5.76 Å². The molecule has 26 heavy (non-hydrogen) atoms. The number of ether oxygens (including phenoxy) is 2. The third-order valence-corrected chi connectivity index (χ3v) is 4.38. The summed E-state index contributed by atoms with van der Waals surface area (Å²) < 4.78 is 10.4. The number of Topliss-reactive ketones (excluding diaryl/α,β-unsaturated/α-hetero) is 1. The normalized spacial score (nSPS) is 18.5. The van der Waals surface area contributed by atoms with E-state index in [1.54, 1.807) is 36.4 Å². The molecule has 1 amide bonds. The Labute approximate surface area is 155 Å². The number of carbonyl (C=O) groups excluding carboxylic acids is 2. The number of rotatable bonds is 4. The third-order valence-electron chi connectivity index (χ3n) is 4.13. The number of hydrogen-bond acceptors (Lipinski definition) is 5. The van der Waals surface area contributed by atoms with Crippen molar-refractivity contribution in [2.24, 2.45) is 0 Å². The van der Waals surface area contributed by atoms with Crippen molar-refractivity contribution < 1.29 is 24.2 Å². The molecule has 3 rings (SSSR count). The fourth-order valence-corrected chi connectivity index (χ4v) is 2.94. The third kappa shape index (κ3) is 3.11. The van der Waals surface area contributed by atoms with Crippen molar-refractivity contribution >= 4 is 29.1 Å². The number of aliphatic hydroxyl groups is 1. The van der Waals surface area contributed by atoms with Crippen LogP contribution < -0.4 is 14.8 Å². The summed E-state index contributed by atoms with van der Waals surface area (Å²) in [5.74, 6) is -0.973. The molecule has 0 saturated carbocycles. The first kappa shape index (κ1) is 17.8. The van der Waals surface area contributed by atoms with Gasteiger partial charge in [-0.25, -0.2) is 0 Å². The summed E-state index contributed by atoms with van der Waals surface area (Å²) in [7, 11) is 2.96. The van der Waals surface area contributed by atoms with Crippen LogP contribution in [0.4, 0.5) is 0 Å². The van der Waals surface area contributed by atoms with Crippen molar-refractivity contribution in [2.45, 2.75) is 6.04 Å². The average Bonchev–Trinajstić information content (AvgIpc) is 2.96. The molecule has 7 heteroatoms. The molecule has 2 N–H and O–H groups in total. The van der Waals surface area contributed by atoms with E-state index >= 15 is 0 Å². The van der Waals surface area contributed by atoms with Gasteiger partial charge in [-0.2, -0.15) is 0 Å². The van der Waals surface area contributed by atoms with Gasteiger partial charge in [-0.05, 0) is 35.9 Å². The quantitative estimate of drug-likeness (QED) is 0.489. The zero-order valence-corrected chi connectivity index (χ0v) is 14.8. The van der Waals surface area contributed by atoms with Gasteiger partial charge in [0.25, 0.3) is 11.7 Å². The summed E-state index contributed by atoms with van der Waals surface area (Å²) in [5.41, 5.74) is 0.946. The molecular weight excluding hydrogens is 358 g/mol. The van der Waals surface area contributed by atoms with Gasteiger partial charge in [-0.3, -0.25) is 9.59 Å². The van der Waals surface area contributed by atoms with Crippen molar-refractivity contribution in [1.29, 1.82) is 0 Å². The Balaban J connectivity index is 2.11. The second-order valence-corrected chi connectivity index (χ2v) is 6.06. The Morgan fingerprint density at radius 3 is 2.31 bits per heavy atom. The molecule has 1 atom stereocenters. The fraction of sp³-hybridized carbons (Fsp3) is 0.158. The Morgan fingerprint density at radius 1 is 1.04 bits per heavy atom.